The van der Waals surface area contributed by atoms with E-state index >= 15 is 0 Å². The zero-order valence-electron chi connectivity index (χ0n) is 30.1. The fourth-order valence-electron chi connectivity index (χ4n) is 5.63. The van der Waals surface area contributed by atoms with Crippen LogP contribution in [0.2, 0.25) is 0 Å². The van der Waals surface area contributed by atoms with Crippen molar-refractivity contribution in [2.24, 2.45) is 23.4 Å². The van der Waals surface area contributed by atoms with Gasteiger partial charge in [0.1, 0.15) is 24.4 Å². The summed E-state index contributed by atoms with van der Waals surface area (Å²) in [6.07, 6.45) is 9.12. The SMILES string of the molecule is CC(C)C.CC(C)CC1NC(=O)c2ccccc2OC/C(N)=C/N(N)CCCCCCCCNC(=O)CN(C)C(=O)C2CCCN2C1=O. The third-order valence-electron chi connectivity index (χ3n) is 7.91. The minimum absolute atomic E-state index is 0.0357. The third kappa shape index (κ3) is 14.5. The number of fused-ring (bicyclic) bond motifs is 2. The first-order chi connectivity index (χ1) is 22.8. The molecular weight excluding hydrogens is 610 g/mol. The molecule has 1 fully saturated rings. The number of para-hydroxylation sites is 1. The van der Waals surface area contributed by atoms with Crippen LogP contribution < -0.4 is 26.9 Å². The minimum Gasteiger partial charge on any atom is -0.487 e. The molecule has 2 aliphatic heterocycles. The van der Waals surface area contributed by atoms with E-state index in [4.69, 9.17) is 16.3 Å². The summed E-state index contributed by atoms with van der Waals surface area (Å²) < 4.78 is 5.91. The molecule has 2 heterocycles. The van der Waals surface area contributed by atoms with Gasteiger partial charge < -0.3 is 35.9 Å². The Hall–Kier alpha value is -3.80. The molecule has 1 aromatic rings. The number of rotatable bonds is 2. The van der Waals surface area contributed by atoms with Crippen molar-refractivity contribution in [1.29, 1.82) is 0 Å². The summed E-state index contributed by atoms with van der Waals surface area (Å²) in [5.74, 6) is 6.11. The summed E-state index contributed by atoms with van der Waals surface area (Å²) in [7, 11) is 1.59. The molecule has 1 aromatic carbocycles. The molecule has 2 aliphatic rings. The Kier molecular flexibility index (Phi) is 17.9. The Bertz CT molecular complexity index is 1200. The molecule has 270 valence electrons. The standard InChI is InChI=1S/C32H51N7O5.C4H10/c1-23(2)19-26-31(42)39-18-12-14-27(39)32(43)37(3)21-29(40)35-16-10-6-4-5-7-11-17-38(34)20-24(33)22-44-28-15-9-8-13-25(28)30(41)36-26;1-4(2)3/h8-9,13,15,20,23,26-27H,4-7,10-12,14,16-19,21-22,33-34H2,1-3H3,(H,35,40)(H,36,41);4H,1-3H3/b24-20-;. The van der Waals surface area contributed by atoms with Crippen molar-refractivity contribution >= 4 is 23.6 Å². The van der Waals surface area contributed by atoms with Crippen LogP contribution in [0.3, 0.4) is 0 Å². The molecule has 0 saturated carbocycles. The Labute approximate surface area is 287 Å². The highest BCUT2D eigenvalue weighted by atomic mass is 16.5. The van der Waals surface area contributed by atoms with E-state index in [1.165, 1.54) is 4.90 Å². The Balaban J connectivity index is 0.00000189. The zero-order valence-corrected chi connectivity index (χ0v) is 30.1. The number of benzene rings is 1. The molecule has 0 bridgehead atoms. The lowest BCUT2D eigenvalue weighted by atomic mass is 10.0. The van der Waals surface area contributed by atoms with E-state index in [0.717, 1.165) is 44.4 Å². The predicted molar refractivity (Wildman–Crippen MR) is 189 cm³/mol. The molecule has 4 amide bonds. The van der Waals surface area contributed by atoms with Crippen molar-refractivity contribution in [3.05, 3.63) is 41.7 Å². The van der Waals surface area contributed by atoms with Gasteiger partial charge in [-0.05, 0) is 56.1 Å². The largest absolute Gasteiger partial charge is 0.487 e. The molecular formula is C36H61N7O5. The Morgan fingerprint density at radius 3 is 2.23 bits per heavy atom. The molecule has 3 rings (SSSR count). The topological polar surface area (TPSA) is 163 Å². The van der Waals surface area contributed by atoms with Crippen molar-refractivity contribution in [3.63, 3.8) is 0 Å². The summed E-state index contributed by atoms with van der Waals surface area (Å²) in [5, 5.41) is 7.36. The number of ether oxygens (including phenoxy) is 1. The first kappa shape index (κ1) is 40.4. The van der Waals surface area contributed by atoms with Crippen LogP contribution in [0.5, 0.6) is 5.75 Å². The minimum atomic E-state index is -0.841. The molecule has 48 heavy (non-hydrogen) atoms. The van der Waals surface area contributed by atoms with E-state index in [-0.39, 0.29) is 42.4 Å². The van der Waals surface area contributed by atoms with Gasteiger partial charge in [-0.15, -0.1) is 0 Å². The number of carbonyl (C=O) groups excluding carboxylic acids is 4. The van der Waals surface area contributed by atoms with Gasteiger partial charge in [0, 0.05) is 32.9 Å². The molecule has 2 unspecified atom stereocenters. The van der Waals surface area contributed by atoms with E-state index < -0.39 is 18.0 Å². The van der Waals surface area contributed by atoms with Crippen molar-refractivity contribution in [2.75, 3.05) is 39.8 Å². The predicted octanol–water partition coefficient (Wildman–Crippen LogP) is 3.77. The Morgan fingerprint density at radius 1 is 0.896 bits per heavy atom. The van der Waals surface area contributed by atoms with Crippen molar-refractivity contribution < 1.29 is 23.9 Å². The van der Waals surface area contributed by atoms with Crippen LogP contribution in [0.15, 0.2) is 36.2 Å². The molecule has 2 atom stereocenters. The monoisotopic (exact) mass is 671 g/mol. The lowest BCUT2D eigenvalue weighted by Crippen LogP contribution is -2.54. The fourth-order valence-corrected chi connectivity index (χ4v) is 5.63. The maximum Gasteiger partial charge on any atom is 0.255 e. The summed E-state index contributed by atoms with van der Waals surface area (Å²) in [4.78, 5) is 56.3. The maximum absolute atomic E-state index is 13.9. The van der Waals surface area contributed by atoms with Gasteiger partial charge in [-0.25, -0.2) is 5.84 Å². The van der Waals surface area contributed by atoms with Crippen LogP contribution in [-0.4, -0.2) is 90.4 Å². The molecule has 0 spiro atoms. The van der Waals surface area contributed by atoms with Crippen molar-refractivity contribution in [3.8, 4) is 5.75 Å². The first-order valence-corrected chi connectivity index (χ1v) is 17.6. The smallest absolute Gasteiger partial charge is 0.255 e. The van der Waals surface area contributed by atoms with Crippen molar-refractivity contribution in [1.82, 2.24) is 25.4 Å². The van der Waals surface area contributed by atoms with Gasteiger partial charge in [0.2, 0.25) is 17.7 Å². The highest BCUT2D eigenvalue weighted by molar-refractivity contribution is 6.00. The highest BCUT2D eigenvalue weighted by Crippen LogP contribution is 2.23. The van der Waals surface area contributed by atoms with Crippen LogP contribution in [0, 0.1) is 11.8 Å². The summed E-state index contributed by atoms with van der Waals surface area (Å²) in [5.41, 5.74) is 6.85. The quantitative estimate of drug-likeness (QED) is 0.346. The van der Waals surface area contributed by atoms with E-state index in [0.29, 0.717) is 50.3 Å². The highest BCUT2D eigenvalue weighted by Gasteiger charge is 2.39. The van der Waals surface area contributed by atoms with Gasteiger partial charge in [0.05, 0.1) is 17.8 Å². The number of nitrogens with one attached hydrogen (secondary N) is 2. The normalized spacial score (nSPS) is 22.9. The molecule has 0 aromatic heterocycles. The van der Waals surface area contributed by atoms with E-state index in [2.05, 4.69) is 31.4 Å². The second-order valence-corrected chi connectivity index (χ2v) is 14.0. The summed E-state index contributed by atoms with van der Waals surface area (Å²) in [6, 6.07) is 5.27. The van der Waals surface area contributed by atoms with E-state index in [1.807, 2.05) is 13.8 Å². The number of hydrogen-bond donors (Lipinski definition) is 4. The van der Waals surface area contributed by atoms with Crippen molar-refractivity contribution in [2.45, 2.75) is 104 Å². The van der Waals surface area contributed by atoms with Crippen LogP contribution in [0.4, 0.5) is 0 Å². The van der Waals surface area contributed by atoms with Crippen LogP contribution >= 0.6 is 0 Å². The fraction of sp³-hybridized carbons (Fsp3) is 0.667. The summed E-state index contributed by atoms with van der Waals surface area (Å²) in [6.45, 7) is 12.0. The van der Waals surface area contributed by atoms with Crippen LogP contribution in [-0.2, 0) is 14.4 Å². The molecule has 0 aliphatic carbocycles. The molecule has 1 saturated heterocycles. The lowest BCUT2D eigenvalue weighted by Gasteiger charge is -2.31. The number of hydrogen-bond acceptors (Lipinski definition) is 8. The number of nitrogens with two attached hydrogens (primary N) is 2. The molecule has 12 nitrogen and oxygen atoms in total. The van der Waals surface area contributed by atoms with Gasteiger partial charge in [-0.1, -0.05) is 72.4 Å². The molecule has 6 N–H and O–H groups in total. The molecule has 0 radical (unpaired) electrons. The third-order valence-corrected chi connectivity index (χ3v) is 7.91. The van der Waals surface area contributed by atoms with Gasteiger partial charge in [-0.2, -0.15) is 0 Å². The number of hydrazine groups is 1. The van der Waals surface area contributed by atoms with Gasteiger partial charge in [0.15, 0.2) is 0 Å². The average Bonchev–Trinajstić information content (AvgIpc) is 3.51. The number of amides is 4. The lowest BCUT2D eigenvalue weighted by molar-refractivity contribution is -0.145. The zero-order chi connectivity index (χ0) is 35.6. The van der Waals surface area contributed by atoms with Gasteiger partial charge >= 0.3 is 0 Å². The van der Waals surface area contributed by atoms with E-state index in [9.17, 15) is 19.2 Å². The molecule has 12 heteroatoms. The first-order valence-electron chi connectivity index (χ1n) is 17.6. The Morgan fingerprint density at radius 2 is 1.54 bits per heavy atom. The van der Waals surface area contributed by atoms with Gasteiger partial charge in [-0.3, -0.25) is 19.2 Å². The average molecular weight is 672 g/mol. The van der Waals surface area contributed by atoms with Crippen LogP contribution in [0.1, 0.15) is 103 Å². The number of likely N-dealkylation sites (N-methyl/N-ethyl adjacent to an activating group) is 1. The summed E-state index contributed by atoms with van der Waals surface area (Å²) >= 11 is 0. The van der Waals surface area contributed by atoms with Gasteiger partial charge in [0.25, 0.3) is 5.91 Å². The van der Waals surface area contributed by atoms with E-state index in [1.54, 1.807) is 47.4 Å². The second-order valence-electron chi connectivity index (χ2n) is 14.0. The number of nitrogens with zero attached hydrogens (tertiary/aromatic N) is 3. The van der Waals surface area contributed by atoms with Crippen LogP contribution in [0.25, 0.3) is 0 Å². The second kappa shape index (κ2) is 21.2. The maximum atomic E-state index is 13.9. The number of carbonyl (C=O) groups is 4.